The highest BCUT2D eigenvalue weighted by atomic mass is 16.7. The zero-order chi connectivity index (χ0) is 31.9. The molecule has 3 aliphatic heterocycles. The van der Waals surface area contributed by atoms with Crippen LogP contribution in [-0.2, 0) is 18.9 Å². The van der Waals surface area contributed by atoms with Crippen LogP contribution in [0.2, 0.25) is 0 Å². The monoisotopic (exact) mass is 630 g/mol. The van der Waals surface area contributed by atoms with Gasteiger partial charge >= 0.3 is 0 Å². The van der Waals surface area contributed by atoms with E-state index in [0.29, 0.717) is 40.5 Å². The number of hydrogen-bond acceptors (Lipinski definition) is 8. The van der Waals surface area contributed by atoms with Gasteiger partial charge in [0.2, 0.25) is 0 Å². The quantitative estimate of drug-likeness (QED) is 0.412. The number of aliphatic hydroxyl groups is 2. The highest BCUT2D eigenvalue weighted by molar-refractivity contribution is 5.33. The zero-order valence-electron chi connectivity index (χ0n) is 29.1. The molecule has 4 N–H and O–H groups in total. The SMILES string of the molecule is C[C@@H]1CC(C(N)C(C)(C)O)OC2[C@H]1C1(C)CCC34CC35CCC(OC3CN(C6COC6)CCO3)C(C)(C)C5CCC4[C@]1(C)[C@H]2O. The summed E-state index contributed by atoms with van der Waals surface area (Å²) < 4.78 is 25.4. The molecule has 10 unspecified atom stereocenters. The average Bonchev–Trinajstić information content (AvgIpc) is 3.57. The number of hydrogen-bond donors (Lipinski definition) is 3. The van der Waals surface area contributed by atoms with Crippen LogP contribution in [0.25, 0.3) is 0 Å². The Morgan fingerprint density at radius 3 is 2.40 bits per heavy atom. The molecule has 0 aromatic rings. The Kier molecular flexibility index (Phi) is 7.18. The van der Waals surface area contributed by atoms with Crippen molar-refractivity contribution in [3.63, 3.8) is 0 Å². The zero-order valence-corrected chi connectivity index (χ0v) is 29.1. The first-order chi connectivity index (χ1) is 21.1. The number of ether oxygens (including phenoxy) is 4. The summed E-state index contributed by atoms with van der Waals surface area (Å²) in [4.78, 5) is 2.51. The molecule has 0 bridgehead atoms. The fourth-order valence-corrected chi connectivity index (χ4v) is 13.9. The van der Waals surface area contributed by atoms with E-state index in [1.54, 1.807) is 13.8 Å². The Labute approximate surface area is 271 Å². The number of fused-ring (bicyclic) bond motifs is 4. The molecule has 45 heavy (non-hydrogen) atoms. The van der Waals surface area contributed by atoms with Gasteiger partial charge in [-0.3, -0.25) is 4.90 Å². The second-order valence-electron chi connectivity index (χ2n) is 18.8. The minimum Gasteiger partial charge on any atom is -0.390 e. The lowest BCUT2D eigenvalue weighted by Gasteiger charge is -2.64. The highest BCUT2D eigenvalue weighted by Crippen LogP contribution is 2.89. The third kappa shape index (κ3) is 4.12. The smallest absolute Gasteiger partial charge is 0.170 e. The van der Waals surface area contributed by atoms with Crippen molar-refractivity contribution in [3.8, 4) is 0 Å². The molecule has 3 saturated heterocycles. The van der Waals surface area contributed by atoms with Gasteiger partial charge < -0.3 is 34.9 Å². The van der Waals surface area contributed by atoms with Crippen LogP contribution in [0, 0.1) is 50.7 Å². The van der Waals surface area contributed by atoms with Gasteiger partial charge in [0.15, 0.2) is 6.29 Å². The predicted molar refractivity (Wildman–Crippen MR) is 171 cm³/mol. The normalized spacial score (nSPS) is 54.9. The molecule has 8 nitrogen and oxygen atoms in total. The van der Waals surface area contributed by atoms with Crippen molar-refractivity contribution >= 4 is 0 Å². The summed E-state index contributed by atoms with van der Waals surface area (Å²) >= 11 is 0. The maximum atomic E-state index is 12.5. The number of nitrogens with zero attached hydrogens (tertiary/aromatic N) is 1. The van der Waals surface area contributed by atoms with Crippen molar-refractivity contribution < 1.29 is 29.2 Å². The molecule has 8 rings (SSSR count). The summed E-state index contributed by atoms with van der Waals surface area (Å²) in [6.45, 7) is 20.1. The summed E-state index contributed by atoms with van der Waals surface area (Å²) in [6, 6.07) is 0.0497. The number of nitrogens with two attached hydrogens (primary N) is 1. The lowest BCUT2D eigenvalue weighted by molar-refractivity contribution is -0.256. The topological polar surface area (TPSA) is 107 Å². The summed E-state index contributed by atoms with van der Waals surface area (Å²) in [5.41, 5.74) is 6.15. The molecule has 0 amide bonds. The van der Waals surface area contributed by atoms with Crippen molar-refractivity contribution in [2.45, 2.75) is 148 Å². The van der Waals surface area contributed by atoms with Crippen LogP contribution < -0.4 is 5.73 Å². The first-order valence-corrected chi connectivity index (χ1v) is 18.5. The molecule has 14 atom stereocenters. The Morgan fingerprint density at radius 1 is 1.00 bits per heavy atom. The van der Waals surface area contributed by atoms with Crippen molar-refractivity contribution in [1.82, 2.24) is 4.90 Å². The van der Waals surface area contributed by atoms with Crippen molar-refractivity contribution in [2.75, 3.05) is 32.9 Å². The van der Waals surface area contributed by atoms with E-state index in [2.05, 4.69) is 39.5 Å². The summed E-state index contributed by atoms with van der Waals surface area (Å²) in [6.07, 6.45) is 8.44. The average molecular weight is 631 g/mol. The predicted octanol–water partition coefficient (Wildman–Crippen LogP) is 4.34. The van der Waals surface area contributed by atoms with Gasteiger partial charge in [0.1, 0.15) is 0 Å². The molecule has 0 radical (unpaired) electrons. The summed E-state index contributed by atoms with van der Waals surface area (Å²) in [5.74, 6) is 1.85. The molecular formula is C37H62N2O6. The fraction of sp³-hybridized carbons (Fsp3) is 1.00. The fourth-order valence-electron chi connectivity index (χ4n) is 13.9. The van der Waals surface area contributed by atoms with Gasteiger partial charge in [0.25, 0.3) is 0 Å². The molecule has 5 saturated carbocycles. The molecule has 256 valence electrons. The summed E-state index contributed by atoms with van der Waals surface area (Å²) in [5, 5.41) is 23.2. The molecule has 8 fully saturated rings. The lowest BCUT2D eigenvalue weighted by Crippen LogP contribution is -2.60. The second-order valence-corrected chi connectivity index (χ2v) is 18.8. The van der Waals surface area contributed by atoms with E-state index in [1.807, 2.05) is 0 Å². The Balaban J connectivity index is 1.03. The third-order valence-corrected chi connectivity index (χ3v) is 16.5. The van der Waals surface area contributed by atoms with E-state index in [9.17, 15) is 10.2 Å². The van der Waals surface area contributed by atoms with Gasteiger partial charge in [-0.2, -0.15) is 0 Å². The molecule has 8 aliphatic rings. The first kappa shape index (κ1) is 31.9. The van der Waals surface area contributed by atoms with Crippen LogP contribution >= 0.6 is 0 Å². The van der Waals surface area contributed by atoms with Crippen molar-refractivity contribution in [1.29, 1.82) is 0 Å². The number of rotatable bonds is 5. The van der Waals surface area contributed by atoms with Gasteiger partial charge in [0.05, 0.1) is 68.5 Å². The standard InChI is InChI=1S/C37H62N2O6/c1-21-16-23(30(38)33(4,5)41)44-29-28(21)34(6)12-13-37-20-36(37)11-10-26(45-27-17-39(14-15-43-27)22-18-42-19-22)32(2,3)24(36)8-9-25(37)35(34,7)31(29)40/h21-31,40-41H,8-20,38H2,1-7H3/t21-,23?,24?,25?,26?,27?,28+,29?,30?,31+,34?,35-,36?,37?/m1/s1. The van der Waals surface area contributed by atoms with E-state index in [1.165, 1.54) is 38.5 Å². The van der Waals surface area contributed by atoms with E-state index < -0.39 is 17.7 Å². The van der Waals surface area contributed by atoms with Gasteiger partial charge in [-0.1, -0.05) is 34.6 Å². The van der Waals surface area contributed by atoms with Crippen molar-refractivity contribution in [2.24, 2.45) is 56.5 Å². The van der Waals surface area contributed by atoms with Crippen LogP contribution in [0.15, 0.2) is 0 Å². The van der Waals surface area contributed by atoms with Crippen molar-refractivity contribution in [3.05, 3.63) is 0 Å². The molecular weight excluding hydrogens is 568 g/mol. The largest absolute Gasteiger partial charge is 0.390 e. The van der Waals surface area contributed by atoms with Gasteiger partial charge in [-0.15, -0.1) is 0 Å². The van der Waals surface area contributed by atoms with E-state index >= 15 is 0 Å². The van der Waals surface area contributed by atoms with Gasteiger partial charge in [-0.05, 0) is 111 Å². The summed E-state index contributed by atoms with van der Waals surface area (Å²) in [7, 11) is 0. The Hall–Kier alpha value is -0.320. The number of aliphatic hydroxyl groups excluding tert-OH is 1. The lowest BCUT2D eigenvalue weighted by atomic mass is 9.41. The molecule has 0 aromatic carbocycles. The first-order valence-electron chi connectivity index (χ1n) is 18.5. The minimum absolute atomic E-state index is 0.0261. The molecule has 2 spiro atoms. The maximum absolute atomic E-state index is 12.5. The maximum Gasteiger partial charge on any atom is 0.170 e. The van der Waals surface area contributed by atoms with E-state index in [4.69, 9.17) is 24.7 Å². The van der Waals surface area contributed by atoms with Crippen LogP contribution in [0.1, 0.15) is 99.8 Å². The molecule has 8 heteroatoms. The Bertz CT molecular complexity index is 1170. The molecule has 3 heterocycles. The van der Waals surface area contributed by atoms with E-state index in [-0.39, 0.29) is 40.8 Å². The van der Waals surface area contributed by atoms with Gasteiger partial charge in [0, 0.05) is 12.0 Å². The van der Waals surface area contributed by atoms with Crippen LogP contribution in [0.4, 0.5) is 0 Å². The number of morpholine rings is 1. The van der Waals surface area contributed by atoms with E-state index in [0.717, 1.165) is 45.8 Å². The van der Waals surface area contributed by atoms with Gasteiger partial charge in [-0.25, -0.2) is 0 Å². The third-order valence-electron chi connectivity index (χ3n) is 16.5. The van der Waals surface area contributed by atoms with Crippen LogP contribution in [0.3, 0.4) is 0 Å². The Morgan fingerprint density at radius 2 is 1.71 bits per heavy atom. The van der Waals surface area contributed by atoms with Crippen LogP contribution in [0.5, 0.6) is 0 Å². The molecule has 5 aliphatic carbocycles. The minimum atomic E-state index is -1.02. The second kappa shape index (κ2) is 10.1. The molecule has 0 aromatic heterocycles. The van der Waals surface area contributed by atoms with Crippen LogP contribution in [-0.4, -0.2) is 96.4 Å². The highest BCUT2D eigenvalue weighted by Gasteiger charge is 2.84.